The fraction of sp³-hybridized carbons (Fsp3) is 0.400. The number of rotatable bonds is 2. The summed E-state index contributed by atoms with van der Waals surface area (Å²) in [6.45, 7) is 1.81. The molecule has 0 atom stereocenters. The van der Waals surface area contributed by atoms with E-state index >= 15 is 0 Å². The van der Waals surface area contributed by atoms with Crippen molar-refractivity contribution in [2.24, 2.45) is 5.73 Å². The minimum absolute atomic E-state index is 0.311. The highest BCUT2D eigenvalue weighted by molar-refractivity contribution is 9.10. The average Bonchev–Trinajstić information content (AvgIpc) is 2.48. The van der Waals surface area contributed by atoms with Gasteiger partial charge in [0.15, 0.2) is 0 Å². The number of hydrogen-bond acceptors (Lipinski definition) is 4. The third-order valence-electron chi connectivity index (χ3n) is 4.09. The fourth-order valence-electron chi connectivity index (χ4n) is 2.68. The standard InChI is InChI=1S/C15H17BrClN3O/c16-11-7-10-1-2-13(19-14(10)12(17)8-11)20-5-3-15(21,9-18)4-6-20/h1-2,7-8,21H,3-6,9,18H2. The molecule has 1 aromatic carbocycles. The molecule has 3 N–H and O–H groups in total. The molecule has 1 aliphatic rings. The highest BCUT2D eigenvalue weighted by atomic mass is 79.9. The number of nitrogens with two attached hydrogens (primary N) is 1. The molecule has 2 heterocycles. The Morgan fingerprint density at radius 3 is 2.71 bits per heavy atom. The maximum absolute atomic E-state index is 10.2. The zero-order chi connectivity index (χ0) is 15.0. The maximum atomic E-state index is 10.2. The van der Waals surface area contributed by atoms with E-state index in [-0.39, 0.29) is 0 Å². The van der Waals surface area contributed by atoms with Crippen molar-refractivity contribution in [3.8, 4) is 0 Å². The van der Waals surface area contributed by atoms with E-state index in [1.54, 1.807) is 0 Å². The number of aliphatic hydroxyl groups is 1. The summed E-state index contributed by atoms with van der Waals surface area (Å²) in [4.78, 5) is 6.84. The number of aromatic nitrogens is 1. The number of piperidine rings is 1. The predicted molar refractivity (Wildman–Crippen MR) is 89.9 cm³/mol. The molecular formula is C15H17BrClN3O. The van der Waals surface area contributed by atoms with E-state index in [2.05, 4.69) is 25.8 Å². The molecule has 0 aliphatic carbocycles. The molecule has 0 radical (unpaired) electrons. The van der Waals surface area contributed by atoms with Gasteiger partial charge >= 0.3 is 0 Å². The van der Waals surface area contributed by atoms with Crippen molar-refractivity contribution < 1.29 is 5.11 Å². The zero-order valence-corrected chi connectivity index (χ0v) is 13.9. The van der Waals surface area contributed by atoms with Crippen LogP contribution in [0, 0.1) is 0 Å². The summed E-state index contributed by atoms with van der Waals surface area (Å²) < 4.78 is 0.945. The van der Waals surface area contributed by atoms with Crippen LogP contribution in [0.2, 0.25) is 5.02 Å². The Bertz CT molecular complexity index is 671. The second-order valence-electron chi connectivity index (χ2n) is 5.54. The second-order valence-corrected chi connectivity index (χ2v) is 6.87. The van der Waals surface area contributed by atoms with Crippen molar-refractivity contribution in [3.05, 3.63) is 33.8 Å². The number of pyridine rings is 1. The number of benzene rings is 1. The minimum Gasteiger partial charge on any atom is -0.388 e. The molecule has 21 heavy (non-hydrogen) atoms. The third kappa shape index (κ3) is 3.01. The number of anilines is 1. The molecule has 0 saturated carbocycles. The normalized spacial score (nSPS) is 18.2. The molecule has 1 aliphatic heterocycles. The van der Waals surface area contributed by atoms with E-state index in [0.717, 1.165) is 34.3 Å². The van der Waals surface area contributed by atoms with E-state index < -0.39 is 5.60 Å². The lowest BCUT2D eigenvalue weighted by Gasteiger charge is -2.38. The van der Waals surface area contributed by atoms with Gasteiger partial charge in [0.25, 0.3) is 0 Å². The Balaban J connectivity index is 1.89. The fourth-order valence-corrected chi connectivity index (χ4v) is 3.56. The van der Waals surface area contributed by atoms with Gasteiger partial charge in [-0.05, 0) is 37.1 Å². The number of hydrogen-bond donors (Lipinski definition) is 2. The summed E-state index contributed by atoms with van der Waals surface area (Å²) in [6.07, 6.45) is 1.33. The molecule has 3 rings (SSSR count). The van der Waals surface area contributed by atoms with Crippen LogP contribution < -0.4 is 10.6 Å². The number of fused-ring (bicyclic) bond motifs is 1. The first-order chi connectivity index (χ1) is 10.0. The minimum atomic E-state index is -0.726. The molecule has 0 amide bonds. The Morgan fingerprint density at radius 2 is 2.05 bits per heavy atom. The first kappa shape index (κ1) is 15.0. The smallest absolute Gasteiger partial charge is 0.129 e. The van der Waals surface area contributed by atoms with Crippen LogP contribution >= 0.6 is 27.5 Å². The molecule has 1 fully saturated rings. The summed E-state index contributed by atoms with van der Waals surface area (Å²) in [7, 11) is 0. The Morgan fingerprint density at radius 1 is 1.33 bits per heavy atom. The van der Waals surface area contributed by atoms with Crippen LogP contribution in [0.25, 0.3) is 10.9 Å². The SMILES string of the molecule is NCC1(O)CCN(c2ccc3cc(Br)cc(Cl)c3n2)CC1. The first-order valence-electron chi connectivity index (χ1n) is 6.94. The van der Waals surface area contributed by atoms with Gasteiger partial charge in [-0.25, -0.2) is 4.98 Å². The summed E-state index contributed by atoms with van der Waals surface area (Å²) in [5.41, 5.74) is 5.70. The molecule has 0 spiro atoms. The molecule has 0 unspecified atom stereocenters. The van der Waals surface area contributed by atoms with Crippen LogP contribution in [-0.2, 0) is 0 Å². The van der Waals surface area contributed by atoms with E-state index in [0.29, 0.717) is 24.4 Å². The van der Waals surface area contributed by atoms with Gasteiger partial charge in [0.2, 0.25) is 0 Å². The van der Waals surface area contributed by atoms with Crippen LogP contribution in [0.3, 0.4) is 0 Å². The lowest BCUT2D eigenvalue weighted by atomic mass is 9.92. The van der Waals surface area contributed by atoms with Gasteiger partial charge in [0.05, 0.1) is 16.1 Å². The molecule has 6 heteroatoms. The largest absolute Gasteiger partial charge is 0.388 e. The Labute approximate surface area is 137 Å². The highest BCUT2D eigenvalue weighted by Gasteiger charge is 2.31. The van der Waals surface area contributed by atoms with Crippen molar-refractivity contribution in [1.29, 1.82) is 0 Å². The summed E-state index contributed by atoms with van der Waals surface area (Å²) in [5.74, 6) is 0.894. The van der Waals surface area contributed by atoms with Crippen LogP contribution in [-0.4, -0.2) is 35.3 Å². The highest BCUT2D eigenvalue weighted by Crippen LogP contribution is 2.30. The summed E-state index contributed by atoms with van der Waals surface area (Å²) in [5, 5.41) is 11.8. The quantitative estimate of drug-likeness (QED) is 0.853. The van der Waals surface area contributed by atoms with E-state index in [9.17, 15) is 5.11 Å². The van der Waals surface area contributed by atoms with E-state index in [1.165, 1.54) is 0 Å². The van der Waals surface area contributed by atoms with Crippen molar-refractivity contribution in [1.82, 2.24) is 4.98 Å². The van der Waals surface area contributed by atoms with Gasteiger partial charge in [-0.2, -0.15) is 0 Å². The monoisotopic (exact) mass is 369 g/mol. The molecule has 4 nitrogen and oxygen atoms in total. The molecule has 2 aromatic rings. The van der Waals surface area contributed by atoms with Crippen LogP contribution in [0.4, 0.5) is 5.82 Å². The first-order valence-corrected chi connectivity index (χ1v) is 8.11. The second kappa shape index (κ2) is 5.72. The number of halogens is 2. The molecule has 112 valence electrons. The van der Waals surface area contributed by atoms with Crippen molar-refractivity contribution >= 4 is 44.3 Å². The average molecular weight is 371 g/mol. The Kier molecular flexibility index (Phi) is 4.10. The molecule has 1 aromatic heterocycles. The summed E-state index contributed by atoms with van der Waals surface area (Å²) in [6, 6.07) is 7.88. The number of nitrogens with zero attached hydrogens (tertiary/aromatic N) is 2. The molecule has 1 saturated heterocycles. The van der Waals surface area contributed by atoms with Gasteiger partial charge < -0.3 is 15.7 Å². The van der Waals surface area contributed by atoms with Crippen molar-refractivity contribution in [2.75, 3.05) is 24.5 Å². The predicted octanol–water partition coefficient (Wildman–Crippen LogP) is 2.94. The van der Waals surface area contributed by atoms with Gasteiger partial charge in [-0.15, -0.1) is 0 Å². The van der Waals surface area contributed by atoms with E-state index in [1.807, 2.05) is 24.3 Å². The van der Waals surface area contributed by atoms with Crippen molar-refractivity contribution in [2.45, 2.75) is 18.4 Å². The van der Waals surface area contributed by atoms with Gasteiger partial charge in [-0.1, -0.05) is 27.5 Å². The van der Waals surface area contributed by atoms with E-state index in [4.69, 9.17) is 17.3 Å². The van der Waals surface area contributed by atoms with Crippen molar-refractivity contribution in [3.63, 3.8) is 0 Å². The lowest BCUT2D eigenvalue weighted by Crippen LogP contribution is -2.48. The van der Waals surface area contributed by atoms with Crippen LogP contribution in [0.5, 0.6) is 0 Å². The van der Waals surface area contributed by atoms with Gasteiger partial charge in [0.1, 0.15) is 5.82 Å². The lowest BCUT2D eigenvalue weighted by molar-refractivity contribution is 0.0249. The van der Waals surface area contributed by atoms with Gasteiger partial charge in [-0.3, -0.25) is 0 Å². The topological polar surface area (TPSA) is 62.4 Å². The summed E-state index contributed by atoms with van der Waals surface area (Å²) >= 11 is 9.71. The third-order valence-corrected chi connectivity index (χ3v) is 4.84. The zero-order valence-electron chi connectivity index (χ0n) is 11.5. The van der Waals surface area contributed by atoms with Gasteiger partial charge in [0, 0.05) is 29.5 Å². The Hall–Kier alpha value is -0.880. The molecular weight excluding hydrogens is 354 g/mol. The van der Waals surface area contributed by atoms with Crippen LogP contribution in [0.15, 0.2) is 28.7 Å². The maximum Gasteiger partial charge on any atom is 0.129 e. The molecule has 0 bridgehead atoms. The van der Waals surface area contributed by atoms with Crippen LogP contribution in [0.1, 0.15) is 12.8 Å².